The van der Waals surface area contributed by atoms with Crippen molar-refractivity contribution in [3.63, 3.8) is 0 Å². The standard InChI is InChI=1S/C16H29ClNPSi/c1-14(2)18(15(3)4)19(17,13-20(5,6)7)16-11-9-8-10-12-16/h8-15H,1-7H3. The van der Waals surface area contributed by atoms with Crippen LogP contribution in [0.2, 0.25) is 19.6 Å². The van der Waals surface area contributed by atoms with Crippen LogP contribution in [0.25, 0.3) is 0 Å². The highest BCUT2D eigenvalue weighted by Crippen LogP contribution is 2.57. The Morgan fingerprint density at radius 2 is 1.45 bits per heavy atom. The quantitative estimate of drug-likeness (QED) is 0.530. The van der Waals surface area contributed by atoms with Gasteiger partial charge in [-0.05, 0) is 27.7 Å². The van der Waals surface area contributed by atoms with Crippen LogP contribution in [0.5, 0.6) is 0 Å². The molecule has 1 aromatic carbocycles. The first-order valence-electron chi connectivity index (χ1n) is 7.38. The van der Waals surface area contributed by atoms with E-state index in [-0.39, 0.29) is 0 Å². The maximum atomic E-state index is 7.32. The van der Waals surface area contributed by atoms with Crippen LogP contribution in [0.15, 0.2) is 30.3 Å². The summed E-state index contributed by atoms with van der Waals surface area (Å²) in [5, 5.41) is 1.28. The summed E-state index contributed by atoms with van der Waals surface area (Å²) in [6.45, 7) is 16.1. The molecule has 1 rings (SSSR count). The third kappa shape index (κ3) is 4.49. The van der Waals surface area contributed by atoms with Gasteiger partial charge < -0.3 is 0 Å². The van der Waals surface area contributed by atoms with Crippen molar-refractivity contribution in [2.75, 3.05) is 0 Å². The normalized spacial score (nSPS) is 15.8. The molecular weight excluding hydrogens is 301 g/mol. The van der Waals surface area contributed by atoms with E-state index in [1.165, 1.54) is 5.30 Å². The molecule has 20 heavy (non-hydrogen) atoms. The molecule has 0 amide bonds. The van der Waals surface area contributed by atoms with Crippen LogP contribution in [0.3, 0.4) is 0 Å². The third-order valence-corrected chi connectivity index (χ3v) is 12.1. The molecule has 1 nitrogen and oxygen atoms in total. The first kappa shape index (κ1) is 18.0. The fourth-order valence-corrected chi connectivity index (χ4v) is 14.2. The van der Waals surface area contributed by atoms with E-state index in [1.807, 2.05) is 0 Å². The van der Waals surface area contributed by atoms with Gasteiger partial charge in [-0.3, -0.25) is 4.67 Å². The van der Waals surface area contributed by atoms with Gasteiger partial charge in [0.25, 0.3) is 0 Å². The van der Waals surface area contributed by atoms with Gasteiger partial charge in [-0.15, -0.1) is 0 Å². The average Bonchev–Trinajstić information content (AvgIpc) is 2.26. The molecular formula is C16H29ClNPSi. The third-order valence-electron chi connectivity index (χ3n) is 3.07. The van der Waals surface area contributed by atoms with Crippen LogP contribution in [0.1, 0.15) is 27.7 Å². The van der Waals surface area contributed by atoms with Crippen molar-refractivity contribution in [2.24, 2.45) is 0 Å². The monoisotopic (exact) mass is 329 g/mol. The van der Waals surface area contributed by atoms with Crippen LogP contribution < -0.4 is 5.30 Å². The Kier molecular flexibility index (Phi) is 6.16. The highest BCUT2D eigenvalue weighted by molar-refractivity contribution is 8.03. The Bertz CT molecular complexity index is 469. The lowest BCUT2D eigenvalue weighted by Gasteiger charge is -2.41. The van der Waals surface area contributed by atoms with Gasteiger partial charge in [0.15, 0.2) is 0 Å². The first-order chi connectivity index (χ1) is 9.08. The highest BCUT2D eigenvalue weighted by Gasteiger charge is 2.32. The number of hydrogen-bond donors (Lipinski definition) is 0. The molecule has 0 saturated heterocycles. The Labute approximate surface area is 131 Å². The van der Waals surface area contributed by atoms with E-state index in [4.69, 9.17) is 11.2 Å². The van der Waals surface area contributed by atoms with Crippen molar-refractivity contribution >= 4 is 36.4 Å². The fourth-order valence-electron chi connectivity index (χ4n) is 2.69. The van der Waals surface area contributed by atoms with Crippen molar-refractivity contribution < 1.29 is 0 Å². The van der Waals surface area contributed by atoms with E-state index in [2.05, 4.69) is 87.8 Å². The summed E-state index contributed by atoms with van der Waals surface area (Å²) in [6.07, 6.45) is -1.92. The molecule has 0 fully saturated rings. The minimum Gasteiger partial charge on any atom is -0.264 e. The topological polar surface area (TPSA) is 3.24 Å². The predicted molar refractivity (Wildman–Crippen MR) is 100 cm³/mol. The molecule has 114 valence electrons. The molecule has 0 bridgehead atoms. The Balaban J connectivity index is 3.54. The van der Waals surface area contributed by atoms with Crippen molar-refractivity contribution in [1.29, 1.82) is 0 Å². The lowest BCUT2D eigenvalue weighted by molar-refractivity contribution is 0.328. The van der Waals surface area contributed by atoms with Crippen molar-refractivity contribution in [2.45, 2.75) is 59.4 Å². The van der Waals surface area contributed by atoms with Gasteiger partial charge in [0, 0.05) is 17.4 Å². The highest BCUT2D eigenvalue weighted by atomic mass is 35.7. The van der Waals surface area contributed by atoms with Crippen LogP contribution in [0, 0.1) is 0 Å². The van der Waals surface area contributed by atoms with Crippen molar-refractivity contribution in [3.05, 3.63) is 30.3 Å². The second-order valence-electron chi connectivity index (χ2n) is 7.00. The van der Waals surface area contributed by atoms with Crippen LogP contribution in [-0.2, 0) is 0 Å². The van der Waals surface area contributed by atoms with E-state index in [0.29, 0.717) is 12.1 Å². The zero-order chi connectivity index (χ0) is 15.6. The minimum atomic E-state index is -1.92. The van der Waals surface area contributed by atoms with Gasteiger partial charge in [0.05, 0.1) is 14.5 Å². The Morgan fingerprint density at radius 1 is 1.00 bits per heavy atom. The molecule has 0 heterocycles. The van der Waals surface area contributed by atoms with Gasteiger partial charge in [-0.2, -0.15) is 0 Å². The number of benzene rings is 1. The van der Waals surface area contributed by atoms with Crippen molar-refractivity contribution in [3.8, 4) is 0 Å². The van der Waals surface area contributed by atoms with Gasteiger partial charge in [-0.25, -0.2) is 0 Å². The molecule has 0 saturated carbocycles. The summed E-state index contributed by atoms with van der Waals surface area (Å²) in [5.74, 6) is 0. The molecule has 0 aliphatic carbocycles. The first-order valence-corrected chi connectivity index (χ1v) is 13.7. The van der Waals surface area contributed by atoms with Gasteiger partial charge in [-0.1, -0.05) is 66.6 Å². The maximum absolute atomic E-state index is 7.32. The molecule has 1 aromatic rings. The lowest BCUT2D eigenvalue weighted by atomic mass is 10.3. The largest absolute Gasteiger partial charge is 0.264 e. The Hall–Kier alpha value is -0.0131. The summed E-state index contributed by atoms with van der Waals surface area (Å²) < 4.78 is 2.52. The molecule has 4 heteroatoms. The minimum absolute atomic E-state index is 0.439. The molecule has 0 aliphatic rings. The summed E-state index contributed by atoms with van der Waals surface area (Å²) in [4.78, 5) is 0. The van der Waals surface area contributed by atoms with E-state index < -0.39 is 14.5 Å². The second-order valence-corrected chi connectivity index (χ2v) is 16.5. The van der Waals surface area contributed by atoms with E-state index in [9.17, 15) is 0 Å². The molecule has 0 radical (unpaired) electrons. The summed E-state index contributed by atoms with van der Waals surface area (Å²) >= 11 is 7.32. The zero-order valence-corrected chi connectivity index (χ0v) is 16.5. The summed E-state index contributed by atoms with van der Waals surface area (Å²) in [7, 11) is -1.38. The molecule has 1 atom stereocenters. The Morgan fingerprint density at radius 3 is 1.80 bits per heavy atom. The number of nitrogens with zero attached hydrogens (tertiary/aromatic N) is 1. The summed E-state index contributed by atoms with van der Waals surface area (Å²) in [6, 6.07) is 11.5. The van der Waals surface area contributed by atoms with E-state index in [1.54, 1.807) is 0 Å². The molecule has 0 spiro atoms. The van der Waals surface area contributed by atoms with Crippen LogP contribution >= 0.6 is 17.6 Å². The second kappa shape index (κ2) is 6.83. The van der Waals surface area contributed by atoms with E-state index in [0.717, 1.165) is 0 Å². The fraction of sp³-hybridized carbons (Fsp3) is 0.562. The molecule has 1 unspecified atom stereocenters. The van der Waals surface area contributed by atoms with Crippen LogP contribution in [0.4, 0.5) is 0 Å². The lowest BCUT2D eigenvalue weighted by Crippen LogP contribution is -2.39. The van der Waals surface area contributed by atoms with Gasteiger partial charge in [0.1, 0.15) is 0 Å². The number of hydrogen-bond acceptors (Lipinski definition) is 1. The predicted octanol–water partition coefficient (Wildman–Crippen LogP) is 5.20. The van der Waals surface area contributed by atoms with Gasteiger partial charge in [0.2, 0.25) is 0 Å². The summed E-state index contributed by atoms with van der Waals surface area (Å²) in [5.41, 5.74) is 2.51. The SMILES string of the molecule is CC(C)N(C(C)C)P(Cl)(=C[Si](C)(C)C)c1ccccc1. The van der Waals surface area contributed by atoms with E-state index >= 15 is 0 Å². The number of rotatable bonds is 5. The maximum Gasteiger partial charge on any atom is 0.0722 e. The smallest absolute Gasteiger partial charge is 0.0722 e. The molecule has 0 N–H and O–H groups in total. The zero-order valence-electron chi connectivity index (χ0n) is 13.9. The van der Waals surface area contributed by atoms with Crippen molar-refractivity contribution in [1.82, 2.24) is 4.67 Å². The number of halogens is 1. The van der Waals surface area contributed by atoms with Crippen LogP contribution in [-0.4, -0.2) is 30.2 Å². The molecule has 0 aliphatic heterocycles. The average molecular weight is 330 g/mol. The molecule has 0 aromatic heterocycles. The van der Waals surface area contributed by atoms with Gasteiger partial charge >= 0.3 is 0 Å².